The van der Waals surface area contributed by atoms with E-state index >= 15 is 0 Å². The lowest BCUT2D eigenvalue weighted by Gasteiger charge is -2.25. The maximum absolute atomic E-state index is 11.9. The summed E-state index contributed by atoms with van der Waals surface area (Å²) in [6.45, 7) is 4.11. The van der Waals surface area contributed by atoms with Crippen LogP contribution in [0.4, 0.5) is 0 Å². The second-order valence-electron chi connectivity index (χ2n) is 4.93. The summed E-state index contributed by atoms with van der Waals surface area (Å²) in [5.41, 5.74) is 0.0987. The monoisotopic (exact) mass is 278 g/mol. The van der Waals surface area contributed by atoms with Gasteiger partial charge in [0.1, 0.15) is 0 Å². The first-order valence-electron chi connectivity index (χ1n) is 6.93. The minimum absolute atomic E-state index is 0.0301. The van der Waals surface area contributed by atoms with Gasteiger partial charge >= 0.3 is 5.97 Å². The molecular weight excluding hydrogens is 256 g/mol. The molecule has 1 amide bonds. The number of carboxylic acids is 1. The predicted molar refractivity (Wildman–Crippen MR) is 76.2 cm³/mol. The summed E-state index contributed by atoms with van der Waals surface area (Å²) in [4.78, 5) is 27.2. The molecule has 0 unspecified atom stereocenters. The number of rotatable bonds is 8. The van der Waals surface area contributed by atoms with Crippen molar-refractivity contribution in [1.82, 2.24) is 10.3 Å². The molecule has 1 heterocycles. The number of carbonyl (C=O) groups excluding carboxylic acids is 1. The Bertz CT molecular complexity index is 442. The van der Waals surface area contributed by atoms with E-state index in [9.17, 15) is 14.7 Å². The third-order valence-electron chi connectivity index (χ3n) is 3.76. The molecule has 0 saturated carbocycles. The van der Waals surface area contributed by atoms with Crippen LogP contribution in [-0.2, 0) is 16.0 Å². The van der Waals surface area contributed by atoms with E-state index in [1.165, 1.54) is 0 Å². The Hall–Kier alpha value is -1.91. The summed E-state index contributed by atoms with van der Waals surface area (Å²) in [7, 11) is 0. The van der Waals surface area contributed by atoms with Gasteiger partial charge in [-0.05, 0) is 30.9 Å². The highest BCUT2D eigenvalue weighted by Crippen LogP contribution is 2.30. The Kier molecular flexibility index (Phi) is 6.15. The molecule has 0 spiro atoms. The van der Waals surface area contributed by atoms with Crippen LogP contribution >= 0.6 is 0 Å². The normalized spacial score (nSPS) is 11.1. The van der Waals surface area contributed by atoms with Crippen LogP contribution in [0.5, 0.6) is 0 Å². The summed E-state index contributed by atoms with van der Waals surface area (Å²) in [5.74, 6) is -1.11. The van der Waals surface area contributed by atoms with Crippen LogP contribution in [-0.4, -0.2) is 28.5 Å². The number of hydrogen-bond acceptors (Lipinski definition) is 3. The topological polar surface area (TPSA) is 79.3 Å². The molecule has 0 aliphatic heterocycles. The van der Waals surface area contributed by atoms with Gasteiger partial charge in [0, 0.05) is 25.4 Å². The molecule has 1 aromatic heterocycles. The summed E-state index contributed by atoms with van der Waals surface area (Å²) >= 11 is 0. The molecular formula is C15H22N2O3. The average Bonchev–Trinajstić information content (AvgIpc) is 2.45. The number of nitrogens with zero attached hydrogens (tertiary/aromatic N) is 1. The number of carbonyl (C=O) groups is 2. The largest absolute Gasteiger partial charge is 0.481 e. The van der Waals surface area contributed by atoms with Gasteiger partial charge in [-0.1, -0.05) is 19.9 Å². The maximum atomic E-state index is 11.9. The van der Waals surface area contributed by atoms with E-state index in [0.29, 0.717) is 25.8 Å². The van der Waals surface area contributed by atoms with Crippen molar-refractivity contribution in [1.29, 1.82) is 0 Å². The van der Waals surface area contributed by atoms with Gasteiger partial charge in [-0.25, -0.2) is 0 Å². The first kappa shape index (κ1) is 16.1. The van der Waals surface area contributed by atoms with Crippen molar-refractivity contribution in [2.45, 2.75) is 39.5 Å². The summed E-state index contributed by atoms with van der Waals surface area (Å²) in [6.07, 6.45) is 5.08. The maximum Gasteiger partial charge on any atom is 0.310 e. The van der Waals surface area contributed by atoms with Crippen molar-refractivity contribution in [3.8, 4) is 0 Å². The molecule has 0 radical (unpaired) electrons. The van der Waals surface area contributed by atoms with Crippen molar-refractivity contribution < 1.29 is 14.7 Å². The Morgan fingerprint density at radius 1 is 1.35 bits per heavy atom. The van der Waals surface area contributed by atoms with Crippen LogP contribution in [0.15, 0.2) is 24.5 Å². The molecule has 5 nitrogen and oxygen atoms in total. The van der Waals surface area contributed by atoms with Crippen LogP contribution in [0.3, 0.4) is 0 Å². The SMILES string of the molecule is CCC(CC)(CC(=O)NCCc1cccnc1)C(=O)O. The summed E-state index contributed by atoms with van der Waals surface area (Å²) in [5, 5.41) is 12.1. The minimum Gasteiger partial charge on any atom is -0.481 e. The molecule has 110 valence electrons. The standard InChI is InChI=1S/C15H22N2O3/c1-3-15(4-2,14(19)20)10-13(18)17-9-7-12-6-5-8-16-11-12/h5-6,8,11H,3-4,7,9-10H2,1-2H3,(H,17,18)(H,19,20). The van der Waals surface area contributed by atoms with E-state index in [0.717, 1.165) is 5.56 Å². The lowest BCUT2D eigenvalue weighted by molar-refractivity contribution is -0.152. The Labute approximate surface area is 119 Å². The first-order valence-corrected chi connectivity index (χ1v) is 6.93. The zero-order valence-electron chi connectivity index (χ0n) is 12.1. The number of aromatic nitrogens is 1. The highest BCUT2D eigenvalue weighted by Gasteiger charge is 2.36. The summed E-state index contributed by atoms with van der Waals surface area (Å²) < 4.78 is 0. The van der Waals surface area contributed by atoms with Gasteiger partial charge < -0.3 is 10.4 Å². The molecule has 20 heavy (non-hydrogen) atoms. The number of hydrogen-bond donors (Lipinski definition) is 2. The zero-order valence-corrected chi connectivity index (χ0v) is 12.1. The molecule has 0 atom stereocenters. The molecule has 0 aliphatic rings. The van der Waals surface area contributed by atoms with E-state index in [4.69, 9.17) is 0 Å². The Balaban J connectivity index is 2.45. The predicted octanol–water partition coefficient (Wildman–Crippen LogP) is 2.02. The number of amides is 1. The third-order valence-corrected chi connectivity index (χ3v) is 3.76. The van der Waals surface area contributed by atoms with Gasteiger partial charge in [-0.2, -0.15) is 0 Å². The van der Waals surface area contributed by atoms with Gasteiger partial charge in [-0.15, -0.1) is 0 Å². The number of aliphatic carboxylic acids is 1. The Morgan fingerprint density at radius 3 is 2.55 bits per heavy atom. The highest BCUT2D eigenvalue weighted by atomic mass is 16.4. The van der Waals surface area contributed by atoms with Gasteiger partial charge in [0.2, 0.25) is 5.91 Å². The lowest BCUT2D eigenvalue weighted by Crippen LogP contribution is -2.37. The van der Waals surface area contributed by atoms with Gasteiger partial charge in [0.25, 0.3) is 0 Å². The second-order valence-corrected chi connectivity index (χ2v) is 4.93. The van der Waals surface area contributed by atoms with Crippen molar-refractivity contribution >= 4 is 11.9 Å². The van der Waals surface area contributed by atoms with Crippen molar-refractivity contribution in [3.63, 3.8) is 0 Å². The van der Waals surface area contributed by atoms with E-state index in [1.54, 1.807) is 26.2 Å². The number of pyridine rings is 1. The molecule has 0 aromatic carbocycles. The van der Waals surface area contributed by atoms with Crippen LogP contribution in [0.25, 0.3) is 0 Å². The molecule has 1 aromatic rings. The molecule has 0 saturated heterocycles. The lowest BCUT2D eigenvalue weighted by atomic mass is 9.79. The van der Waals surface area contributed by atoms with E-state index < -0.39 is 11.4 Å². The van der Waals surface area contributed by atoms with Crippen LogP contribution in [0.2, 0.25) is 0 Å². The summed E-state index contributed by atoms with van der Waals surface area (Å²) in [6, 6.07) is 3.79. The molecule has 1 rings (SSSR count). The third kappa shape index (κ3) is 4.33. The molecule has 0 fully saturated rings. The smallest absolute Gasteiger partial charge is 0.310 e. The molecule has 2 N–H and O–H groups in total. The fraction of sp³-hybridized carbons (Fsp3) is 0.533. The average molecular weight is 278 g/mol. The molecule has 0 bridgehead atoms. The van der Waals surface area contributed by atoms with E-state index in [1.807, 2.05) is 12.1 Å². The Morgan fingerprint density at radius 2 is 2.05 bits per heavy atom. The minimum atomic E-state index is -0.946. The van der Waals surface area contributed by atoms with Gasteiger partial charge in [0.15, 0.2) is 0 Å². The second kappa shape index (κ2) is 7.62. The fourth-order valence-electron chi connectivity index (χ4n) is 2.14. The van der Waals surface area contributed by atoms with Crippen LogP contribution < -0.4 is 5.32 Å². The molecule has 0 aliphatic carbocycles. The van der Waals surface area contributed by atoms with Crippen LogP contribution in [0, 0.1) is 5.41 Å². The van der Waals surface area contributed by atoms with Crippen molar-refractivity contribution in [2.24, 2.45) is 5.41 Å². The zero-order chi connectivity index (χ0) is 15.0. The van der Waals surface area contributed by atoms with Gasteiger partial charge in [-0.3, -0.25) is 14.6 Å². The first-order chi connectivity index (χ1) is 9.54. The van der Waals surface area contributed by atoms with E-state index in [-0.39, 0.29) is 12.3 Å². The van der Waals surface area contributed by atoms with Crippen molar-refractivity contribution in [3.05, 3.63) is 30.1 Å². The van der Waals surface area contributed by atoms with E-state index in [2.05, 4.69) is 10.3 Å². The fourth-order valence-corrected chi connectivity index (χ4v) is 2.14. The van der Waals surface area contributed by atoms with Crippen LogP contribution in [0.1, 0.15) is 38.7 Å². The number of nitrogens with one attached hydrogen (secondary N) is 1. The van der Waals surface area contributed by atoms with Crippen molar-refractivity contribution in [2.75, 3.05) is 6.54 Å². The highest BCUT2D eigenvalue weighted by molar-refractivity contribution is 5.84. The number of carboxylic acid groups (broad SMARTS) is 1. The molecule has 5 heteroatoms. The van der Waals surface area contributed by atoms with Gasteiger partial charge in [0.05, 0.1) is 5.41 Å². The quantitative estimate of drug-likeness (QED) is 0.762.